The van der Waals surface area contributed by atoms with Crippen LogP contribution in [0, 0.1) is 0 Å². The number of ether oxygens (including phenoxy) is 4. The van der Waals surface area contributed by atoms with Crippen LogP contribution in [0.15, 0.2) is 18.2 Å². The Balaban J connectivity index is 2.16. The van der Waals surface area contributed by atoms with Gasteiger partial charge in [0.1, 0.15) is 5.75 Å². The van der Waals surface area contributed by atoms with Gasteiger partial charge >= 0.3 is 5.97 Å². The van der Waals surface area contributed by atoms with Crippen LogP contribution in [0.2, 0.25) is 0 Å². The Bertz CT molecular complexity index is 509. The third-order valence-electron chi connectivity index (χ3n) is 2.66. The summed E-state index contributed by atoms with van der Waals surface area (Å²) in [6.07, 6.45) is 3.27. The van der Waals surface area contributed by atoms with Gasteiger partial charge in [-0.25, -0.2) is 4.79 Å². The highest BCUT2D eigenvalue weighted by Crippen LogP contribution is 2.38. The maximum atomic E-state index is 10.6. The number of hydrogen-bond acceptors (Lipinski definition) is 5. The Morgan fingerprint density at radius 1 is 1.35 bits per heavy atom. The third kappa shape index (κ3) is 3.64. The smallest absolute Gasteiger partial charge is 0.328 e. The quantitative estimate of drug-likeness (QED) is 0.607. The van der Waals surface area contributed by atoms with Crippen molar-refractivity contribution in [2.75, 3.05) is 27.1 Å². The monoisotopic (exact) mass is 280 g/mol. The molecule has 0 aliphatic carbocycles. The van der Waals surface area contributed by atoms with Gasteiger partial charge in [0.2, 0.25) is 6.79 Å². The minimum Gasteiger partial charge on any atom is -0.493 e. The van der Waals surface area contributed by atoms with Gasteiger partial charge in [0.25, 0.3) is 0 Å². The third-order valence-corrected chi connectivity index (χ3v) is 2.66. The highest BCUT2D eigenvalue weighted by molar-refractivity contribution is 5.86. The molecule has 0 fully saturated rings. The molecule has 0 radical (unpaired) electrons. The largest absolute Gasteiger partial charge is 0.493 e. The molecule has 0 saturated carbocycles. The summed E-state index contributed by atoms with van der Waals surface area (Å²) in [7, 11) is 1.63. The molecule has 6 heteroatoms. The summed E-state index contributed by atoms with van der Waals surface area (Å²) in [4.78, 5) is 10.6. The maximum Gasteiger partial charge on any atom is 0.328 e. The van der Waals surface area contributed by atoms with Crippen LogP contribution in [0.25, 0.3) is 6.08 Å². The molecule has 0 saturated heterocycles. The minimum absolute atomic E-state index is 0.157. The normalized spacial score (nSPS) is 12.8. The van der Waals surface area contributed by atoms with Crippen LogP contribution in [0.5, 0.6) is 17.2 Å². The molecule has 0 spiro atoms. The Labute approximate surface area is 116 Å². The predicted molar refractivity (Wildman–Crippen MR) is 71.2 cm³/mol. The number of benzene rings is 1. The van der Waals surface area contributed by atoms with Crippen LogP contribution in [0.1, 0.15) is 12.0 Å². The van der Waals surface area contributed by atoms with E-state index in [2.05, 4.69) is 0 Å². The fraction of sp³-hybridized carbons (Fsp3) is 0.357. The zero-order chi connectivity index (χ0) is 14.4. The SMILES string of the molecule is COCCCOc1cc2c(cc1C=CC(=O)O)OCO2. The molecule has 1 aliphatic rings. The fourth-order valence-corrected chi connectivity index (χ4v) is 1.74. The lowest BCUT2D eigenvalue weighted by Crippen LogP contribution is -2.02. The minimum atomic E-state index is -1.02. The summed E-state index contributed by atoms with van der Waals surface area (Å²) in [5, 5.41) is 8.71. The molecule has 0 atom stereocenters. The average Bonchev–Trinajstić information content (AvgIpc) is 2.87. The first-order chi connectivity index (χ1) is 9.70. The van der Waals surface area contributed by atoms with Crippen LogP contribution in [0.3, 0.4) is 0 Å². The molecule has 1 heterocycles. The first-order valence-electron chi connectivity index (χ1n) is 6.17. The molecule has 1 aromatic carbocycles. The summed E-state index contributed by atoms with van der Waals surface area (Å²) in [5.41, 5.74) is 0.633. The molecule has 0 aromatic heterocycles. The van der Waals surface area contributed by atoms with Crippen molar-refractivity contribution < 1.29 is 28.8 Å². The van der Waals surface area contributed by atoms with E-state index in [1.165, 1.54) is 6.08 Å². The van der Waals surface area contributed by atoms with Crippen LogP contribution in [0.4, 0.5) is 0 Å². The molecular weight excluding hydrogens is 264 g/mol. The van der Waals surface area contributed by atoms with Gasteiger partial charge in [-0.3, -0.25) is 0 Å². The second-order valence-corrected chi connectivity index (χ2v) is 4.11. The zero-order valence-corrected chi connectivity index (χ0v) is 11.1. The first kappa shape index (κ1) is 14.2. The molecule has 20 heavy (non-hydrogen) atoms. The molecule has 1 aromatic rings. The van der Waals surface area contributed by atoms with Crippen molar-refractivity contribution in [1.82, 2.24) is 0 Å². The van der Waals surface area contributed by atoms with Gasteiger partial charge in [0.05, 0.1) is 6.61 Å². The predicted octanol–water partition coefficient (Wildman–Crippen LogP) is 1.93. The molecule has 108 valence electrons. The van der Waals surface area contributed by atoms with E-state index >= 15 is 0 Å². The second-order valence-electron chi connectivity index (χ2n) is 4.11. The maximum absolute atomic E-state index is 10.6. The van der Waals surface area contributed by atoms with Crippen LogP contribution >= 0.6 is 0 Å². The number of aliphatic carboxylic acids is 1. The van der Waals surface area contributed by atoms with Crippen molar-refractivity contribution >= 4 is 12.0 Å². The van der Waals surface area contributed by atoms with E-state index in [1.807, 2.05) is 0 Å². The Morgan fingerprint density at radius 2 is 2.10 bits per heavy atom. The van der Waals surface area contributed by atoms with Gasteiger partial charge in [-0.1, -0.05) is 0 Å². The average molecular weight is 280 g/mol. The molecule has 6 nitrogen and oxygen atoms in total. The van der Waals surface area contributed by atoms with E-state index in [0.29, 0.717) is 36.0 Å². The van der Waals surface area contributed by atoms with Crippen molar-refractivity contribution in [3.63, 3.8) is 0 Å². The van der Waals surface area contributed by atoms with Crippen LogP contribution in [-0.2, 0) is 9.53 Å². The molecule has 1 N–H and O–H groups in total. The van der Waals surface area contributed by atoms with Gasteiger partial charge in [0.15, 0.2) is 11.5 Å². The molecule has 2 rings (SSSR count). The van der Waals surface area contributed by atoms with Crippen LogP contribution < -0.4 is 14.2 Å². The lowest BCUT2D eigenvalue weighted by molar-refractivity contribution is -0.131. The van der Waals surface area contributed by atoms with Crippen molar-refractivity contribution in [2.24, 2.45) is 0 Å². The van der Waals surface area contributed by atoms with Gasteiger partial charge in [-0.05, 0) is 12.1 Å². The molecule has 0 unspecified atom stereocenters. The van der Waals surface area contributed by atoms with Gasteiger partial charge < -0.3 is 24.1 Å². The number of rotatable bonds is 7. The second kappa shape index (κ2) is 6.81. The zero-order valence-electron chi connectivity index (χ0n) is 11.1. The number of carboxylic acid groups (broad SMARTS) is 1. The Morgan fingerprint density at radius 3 is 2.80 bits per heavy atom. The lowest BCUT2D eigenvalue weighted by Gasteiger charge is -2.10. The summed E-state index contributed by atoms with van der Waals surface area (Å²) < 4.78 is 21.1. The van der Waals surface area contributed by atoms with E-state index in [0.717, 1.165) is 12.5 Å². The summed E-state index contributed by atoms with van der Waals surface area (Å²) >= 11 is 0. The van der Waals surface area contributed by atoms with Crippen LogP contribution in [-0.4, -0.2) is 38.2 Å². The topological polar surface area (TPSA) is 74.2 Å². The number of hydrogen-bond donors (Lipinski definition) is 1. The molecular formula is C14H16O6. The highest BCUT2D eigenvalue weighted by Gasteiger charge is 2.17. The number of methoxy groups -OCH3 is 1. The summed E-state index contributed by atoms with van der Waals surface area (Å²) in [6, 6.07) is 3.41. The lowest BCUT2D eigenvalue weighted by atomic mass is 10.1. The van der Waals surface area contributed by atoms with Gasteiger partial charge in [0, 0.05) is 37.8 Å². The van der Waals surface area contributed by atoms with E-state index in [9.17, 15) is 4.79 Å². The van der Waals surface area contributed by atoms with E-state index in [4.69, 9.17) is 24.1 Å². The van der Waals surface area contributed by atoms with Crippen molar-refractivity contribution in [3.05, 3.63) is 23.8 Å². The number of carbonyl (C=O) groups is 1. The number of fused-ring (bicyclic) bond motifs is 1. The van der Waals surface area contributed by atoms with Gasteiger partial charge in [-0.15, -0.1) is 0 Å². The van der Waals surface area contributed by atoms with E-state index in [1.54, 1.807) is 19.2 Å². The molecule has 0 bridgehead atoms. The number of carboxylic acids is 1. The molecule has 0 amide bonds. The Kier molecular flexibility index (Phi) is 4.84. The standard InChI is InChI=1S/C14H16O6/c1-17-5-2-6-18-11-8-13-12(19-9-20-13)7-10(11)3-4-14(15)16/h3-4,7-8H,2,5-6,9H2,1H3,(H,15,16). The van der Waals surface area contributed by atoms with Crippen molar-refractivity contribution in [3.8, 4) is 17.2 Å². The fourth-order valence-electron chi connectivity index (χ4n) is 1.74. The summed E-state index contributed by atoms with van der Waals surface area (Å²) in [5.74, 6) is 0.717. The molecule has 1 aliphatic heterocycles. The van der Waals surface area contributed by atoms with Crippen molar-refractivity contribution in [2.45, 2.75) is 6.42 Å². The first-order valence-corrected chi connectivity index (χ1v) is 6.17. The van der Waals surface area contributed by atoms with E-state index in [-0.39, 0.29) is 6.79 Å². The van der Waals surface area contributed by atoms with Crippen molar-refractivity contribution in [1.29, 1.82) is 0 Å². The Hall–Kier alpha value is -2.21. The highest BCUT2D eigenvalue weighted by atomic mass is 16.7. The summed E-state index contributed by atoms with van der Waals surface area (Å²) in [6.45, 7) is 1.23. The van der Waals surface area contributed by atoms with E-state index < -0.39 is 5.97 Å². The van der Waals surface area contributed by atoms with Gasteiger partial charge in [-0.2, -0.15) is 0 Å².